The minimum atomic E-state index is 0.197. The fourth-order valence-corrected chi connectivity index (χ4v) is 2.06. The number of nitrogens with two attached hydrogens (primary N) is 1. The van der Waals surface area contributed by atoms with Crippen LogP contribution in [-0.2, 0) is 6.42 Å². The normalized spacial score (nSPS) is 17.9. The first-order valence-corrected chi connectivity index (χ1v) is 5.69. The Morgan fingerprint density at radius 3 is 3.19 bits per heavy atom. The largest absolute Gasteiger partial charge is 0.494 e. The van der Waals surface area contributed by atoms with Gasteiger partial charge in [0.05, 0.1) is 12.7 Å². The average molecular weight is 216 g/mol. The highest BCUT2D eigenvalue weighted by atomic mass is 16.5. The molecule has 1 atom stereocenters. The van der Waals surface area contributed by atoms with E-state index in [2.05, 4.69) is 18.2 Å². The van der Waals surface area contributed by atoms with Crippen LogP contribution in [0.4, 0.5) is 0 Å². The van der Waals surface area contributed by atoms with E-state index in [1.165, 1.54) is 11.1 Å². The van der Waals surface area contributed by atoms with Crippen molar-refractivity contribution in [3.05, 3.63) is 29.3 Å². The van der Waals surface area contributed by atoms with Crippen molar-refractivity contribution >= 4 is 0 Å². The van der Waals surface area contributed by atoms with Crippen LogP contribution in [0.2, 0.25) is 0 Å². The molecule has 0 heterocycles. The maximum atomic E-state index is 8.40. The van der Waals surface area contributed by atoms with E-state index in [1.807, 2.05) is 6.07 Å². The lowest BCUT2D eigenvalue weighted by atomic mass is 10.1. The molecule has 3 heteroatoms. The molecule has 1 aromatic rings. The summed E-state index contributed by atoms with van der Waals surface area (Å²) < 4.78 is 5.58. The molecular formula is C13H16N2O. The average Bonchev–Trinajstić information content (AvgIpc) is 2.66. The number of rotatable bonds is 4. The Bertz CT molecular complexity index is 409. The van der Waals surface area contributed by atoms with Crippen molar-refractivity contribution in [3.63, 3.8) is 0 Å². The third-order valence-electron chi connectivity index (χ3n) is 2.94. The van der Waals surface area contributed by atoms with Gasteiger partial charge in [0.25, 0.3) is 0 Å². The Morgan fingerprint density at radius 2 is 2.38 bits per heavy atom. The quantitative estimate of drug-likeness (QED) is 0.786. The van der Waals surface area contributed by atoms with Crippen LogP contribution < -0.4 is 10.5 Å². The highest BCUT2D eigenvalue weighted by Crippen LogP contribution is 2.31. The van der Waals surface area contributed by atoms with Gasteiger partial charge in [-0.1, -0.05) is 6.07 Å². The predicted octanol–water partition coefficient (Wildman–Crippen LogP) is 2.32. The van der Waals surface area contributed by atoms with Gasteiger partial charge in [0, 0.05) is 12.5 Å². The lowest BCUT2D eigenvalue weighted by Gasteiger charge is -2.08. The van der Waals surface area contributed by atoms with Gasteiger partial charge in [-0.25, -0.2) is 0 Å². The van der Waals surface area contributed by atoms with Gasteiger partial charge in [-0.3, -0.25) is 0 Å². The number of hydrogen-bond acceptors (Lipinski definition) is 3. The molecule has 1 aromatic carbocycles. The molecular weight excluding hydrogens is 200 g/mol. The zero-order valence-electron chi connectivity index (χ0n) is 9.28. The fourth-order valence-electron chi connectivity index (χ4n) is 2.06. The summed E-state index contributed by atoms with van der Waals surface area (Å²) in [6.45, 7) is 0.610. The van der Waals surface area contributed by atoms with Gasteiger partial charge in [0.2, 0.25) is 0 Å². The van der Waals surface area contributed by atoms with E-state index < -0.39 is 0 Å². The summed E-state index contributed by atoms with van der Waals surface area (Å²) in [5.74, 6) is 0.894. The van der Waals surface area contributed by atoms with Gasteiger partial charge >= 0.3 is 0 Å². The lowest BCUT2D eigenvalue weighted by molar-refractivity contribution is 0.312. The summed E-state index contributed by atoms with van der Waals surface area (Å²) in [5.41, 5.74) is 8.52. The molecule has 0 amide bonds. The Kier molecular flexibility index (Phi) is 3.43. The maximum Gasteiger partial charge on any atom is 0.119 e. The molecule has 1 aliphatic rings. The molecule has 0 radical (unpaired) electrons. The Labute approximate surface area is 95.8 Å². The molecule has 84 valence electrons. The van der Waals surface area contributed by atoms with Crippen LogP contribution in [-0.4, -0.2) is 6.61 Å². The maximum absolute atomic E-state index is 8.40. The SMILES string of the molecule is N#CCCCOc1ccc2c(c1)CCC2N. The summed E-state index contributed by atoms with van der Waals surface area (Å²) in [7, 11) is 0. The minimum Gasteiger partial charge on any atom is -0.494 e. The van der Waals surface area contributed by atoms with E-state index in [4.69, 9.17) is 15.7 Å². The second-order valence-electron chi connectivity index (χ2n) is 4.12. The second-order valence-corrected chi connectivity index (χ2v) is 4.12. The number of fused-ring (bicyclic) bond motifs is 1. The third kappa shape index (κ3) is 2.34. The van der Waals surface area contributed by atoms with Gasteiger partial charge in [-0.15, -0.1) is 0 Å². The number of unbranched alkanes of at least 4 members (excludes halogenated alkanes) is 1. The van der Waals surface area contributed by atoms with Crippen molar-refractivity contribution < 1.29 is 4.74 Å². The summed E-state index contributed by atoms with van der Waals surface area (Å²) in [4.78, 5) is 0. The molecule has 0 saturated heterocycles. The molecule has 1 unspecified atom stereocenters. The fraction of sp³-hybridized carbons (Fsp3) is 0.462. The highest BCUT2D eigenvalue weighted by molar-refractivity contribution is 5.40. The summed E-state index contributed by atoms with van der Waals surface area (Å²) in [6.07, 6.45) is 3.42. The van der Waals surface area contributed by atoms with Crippen LogP contribution >= 0.6 is 0 Å². The molecule has 0 bridgehead atoms. The second kappa shape index (κ2) is 5.00. The van der Waals surface area contributed by atoms with Crippen molar-refractivity contribution in [1.29, 1.82) is 5.26 Å². The standard InChI is InChI=1S/C13H16N2O/c14-7-1-2-8-16-11-4-5-12-10(9-11)3-6-13(12)15/h4-5,9,13H,1-3,6,8,15H2. The zero-order valence-corrected chi connectivity index (χ0v) is 9.28. The van der Waals surface area contributed by atoms with Crippen molar-refractivity contribution in [2.75, 3.05) is 6.61 Å². The molecule has 2 rings (SSSR count). The topological polar surface area (TPSA) is 59.0 Å². The van der Waals surface area contributed by atoms with Crippen LogP contribution in [0.15, 0.2) is 18.2 Å². The van der Waals surface area contributed by atoms with E-state index in [9.17, 15) is 0 Å². The van der Waals surface area contributed by atoms with Gasteiger partial charge in [0.15, 0.2) is 0 Å². The van der Waals surface area contributed by atoms with Crippen LogP contribution in [0.1, 0.15) is 36.4 Å². The first-order chi connectivity index (χ1) is 7.81. The Morgan fingerprint density at radius 1 is 1.50 bits per heavy atom. The molecule has 16 heavy (non-hydrogen) atoms. The van der Waals surface area contributed by atoms with Crippen molar-refractivity contribution in [3.8, 4) is 11.8 Å². The summed E-state index contributed by atoms with van der Waals surface area (Å²) >= 11 is 0. The van der Waals surface area contributed by atoms with Crippen LogP contribution in [0.25, 0.3) is 0 Å². The summed E-state index contributed by atoms with van der Waals surface area (Å²) in [5, 5.41) is 8.40. The highest BCUT2D eigenvalue weighted by Gasteiger charge is 2.18. The molecule has 2 N–H and O–H groups in total. The van der Waals surface area contributed by atoms with E-state index >= 15 is 0 Å². The number of ether oxygens (including phenoxy) is 1. The molecule has 0 fully saturated rings. The van der Waals surface area contributed by atoms with Crippen molar-refractivity contribution in [2.45, 2.75) is 31.7 Å². The van der Waals surface area contributed by atoms with Gasteiger partial charge in [0.1, 0.15) is 5.75 Å². The monoisotopic (exact) mass is 216 g/mol. The summed E-state index contributed by atoms with van der Waals surface area (Å²) in [6, 6.07) is 8.41. The minimum absolute atomic E-state index is 0.197. The molecule has 0 aliphatic heterocycles. The third-order valence-corrected chi connectivity index (χ3v) is 2.94. The smallest absolute Gasteiger partial charge is 0.119 e. The van der Waals surface area contributed by atoms with Gasteiger partial charge in [-0.05, 0) is 42.5 Å². The number of aryl methyl sites for hydroxylation is 1. The molecule has 0 aromatic heterocycles. The van der Waals surface area contributed by atoms with Crippen molar-refractivity contribution in [2.24, 2.45) is 5.73 Å². The predicted molar refractivity (Wildman–Crippen MR) is 62.0 cm³/mol. The van der Waals surface area contributed by atoms with E-state index in [0.29, 0.717) is 13.0 Å². The van der Waals surface area contributed by atoms with E-state index in [-0.39, 0.29) is 6.04 Å². The molecule has 0 spiro atoms. The number of nitrogens with zero attached hydrogens (tertiary/aromatic N) is 1. The molecule has 1 aliphatic carbocycles. The van der Waals surface area contributed by atoms with E-state index in [1.54, 1.807) is 0 Å². The van der Waals surface area contributed by atoms with Gasteiger partial charge < -0.3 is 10.5 Å². The number of nitriles is 1. The lowest BCUT2D eigenvalue weighted by Crippen LogP contribution is -2.05. The van der Waals surface area contributed by atoms with E-state index in [0.717, 1.165) is 25.0 Å². The Hall–Kier alpha value is -1.53. The van der Waals surface area contributed by atoms with Crippen LogP contribution in [0, 0.1) is 11.3 Å². The van der Waals surface area contributed by atoms with Crippen molar-refractivity contribution in [1.82, 2.24) is 0 Å². The zero-order chi connectivity index (χ0) is 11.4. The first-order valence-electron chi connectivity index (χ1n) is 5.69. The van der Waals surface area contributed by atoms with Crippen LogP contribution in [0.3, 0.4) is 0 Å². The first kappa shape index (κ1) is 11.0. The van der Waals surface area contributed by atoms with Gasteiger partial charge in [-0.2, -0.15) is 5.26 Å². The molecule has 3 nitrogen and oxygen atoms in total. The Balaban J connectivity index is 1.95. The number of benzene rings is 1. The molecule has 0 saturated carbocycles. The number of hydrogen-bond donors (Lipinski definition) is 1. The van der Waals surface area contributed by atoms with Crippen LogP contribution in [0.5, 0.6) is 5.75 Å².